The molecule has 4 nitrogen and oxygen atoms in total. The molecule has 1 fully saturated rings. The van der Waals surface area contributed by atoms with Gasteiger partial charge in [-0.15, -0.1) is 0 Å². The average Bonchev–Trinajstić information content (AvgIpc) is 2.47. The SMILES string of the molecule is CC(C)NC(=O)NC[C@H]1CCCN(Cc2ccccc2F)C1. The number of halogens is 1. The van der Waals surface area contributed by atoms with Crippen molar-refractivity contribution in [3.05, 3.63) is 35.6 Å². The molecule has 2 amide bonds. The van der Waals surface area contributed by atoms with Crippen LogP contribution >= 0.6 is 0 Å². The van der Waals surface area contributed by atoms with Crippen molar-refractivity contribution in [1.82, 2.24) is 15.5 Å². The normalized spacial score (nSPS) is 19.2. The quantitative estimate of drug-likeness (QED) is 0.878. The molecular formula is C17H26FN3O. The second kappa shape index (κ2) is 8.13. The number of rotatable bonds is 5. The van der Waals surface area contributed by atoms with Crippen LogP contribution in [0.3, 0.4) is 0 Å². The number of carbonyl (C=O) groups is 1. The number of amides is 2. The van der Waals surface area contributed by atoms with Crippen molar-refractivity contribution in [3.8, 4) is 0 Å². The van der Waals surface area contributed by atoms with Crippen molar-refractivity contribution in [3.63, 3.8) is 0 Å². The molecule has 0 unspecified atom stereocenters. The number of likely N-dealkylation sites (tertiary alicyclic amines) is 1. The lowest BCUT2D eigenvalue weighted by Crippen LogP contribution is -2.45. The Labute approximate surface area is 132 Å². The highest BCUT2D eigenvalue weighted by Crippen LogP contribution is 2.19. The highest BCUT2D eigenvalue weighted by molar-refractivity contribution is 5.74. The molecular weight excluding hydrogens is 281 g/mol. The van der Waals surface area contributed by atoms with E-state index in [1.807, 2.05) is 26.0 Å². The third kappa shape index (κ3) is 5.30. The van der Waals surface area contributed by atoms with Gasteiger partial charge in [-0.2, -0.15) is 0 Å². The Morgan fingerprint density at radius 2 is 2.18 bits per heavy atom. The lowest BCUT2D eigenvalue weighted by Gasteiger charge is -2.33. The Hall–Kier alpha value is -1.62. The van der Waals surface area contributed by atoms with Crippen LogP contribution in [0, 0.1) is 11.7 Å². The van der Waals surface area contributed by atoms with Crippen LogP contribution in [0.2, 0.25) is 0 Å². The molecule has 1 aliphatic rings. The Bertz CT molecular complexity index is 493. The van der Waals surface area contributed by atoms with E-state index in [0.29, 0.717) is 19.0 Å². The van der Waals surface area contributed by atoms with E-state index in [4.69, 9.17) is 0 Å². The third-order valence-corrected chi connectivity index (χ3v) is 3.93. The van der Waals surface area contributed by atoms with Crippen molar-refractivity contribution >= 4 is 6.03 Å². The maximum Gasteiger partial charge on any atom is 0.314 e. The van der Waals surface area contributed by atoms with Gasteiger partial charge in [-0.1, -0.05) is 18.2 Å². The zero-order valence-electron chi connectivity index (χ0n) is 13.4. The molecule has 5 heteroatoms. The highest BCUT2D eigenvalue weighted by Gasteiger charge is 2.21. The number of nitrogens with one attached hydrogen (secondary N) is 2. The number of piperidine rings is 1. The van der Waals surface area contributed by atoms with Crippen LogP contribution in [0.15, 0.2) is 24.3 Å². The molecule has 2 N–H and O–H groups in total. The lowest BCUT2D eigenvalue weighted by atomic mass is 9.97. The van der Waals surface area contributed by atoms with Gasteiger partial charge in [0.1, 0.15) is 5.82 Å². The van der Waals surface area contributed by atoms with Gasteiger partial charge in [-0.3, -0.25) is 4.90 Å². The second-order valence-corrected chi connectivity index (χ2v) is 6.34. The monoisotopic (exact) mass is 307 g/mol. The lowest BCUT2D eigenvalue weighted by molar-refractivity contribution is 0.163. The molecule has 1 aromatic rings. The largest absolute Gasteiger partial charge is 0.338 e. The summed E-state index contributed by atoms with van der Waals surface area (Å²) in [5.41, 5.74) is 0.744. The fourth-order valence-corrected chi connectivity index (χ4v) is 2.88. The zero-order chi connectivity index (χ0) is 15.9. The van der Waals surface area contributed by atoms with Crippen LogP contribution in [-0.4, -0.2) is 36.6 Å². The van der Waals surface area contributed by atoms with Crippen molar-refractivity contribution in [2.75, 3.05) is 19.6 Å². The fraction of sp³-hybridized carbons (Fsp3) is 0.588. The summed E-state index contributed by atoms with van der Waals surface area (Å²) >= 11 is 0. The van der Waals surface area contributed by atoms with Gasteiger partial charge in [0, 0.05) is 31.2 Å². The molecule has 1 saturated heterocycles. The van der Waals surface area contributed by atoms with Crippen molar-refractivity contribution in [2.45, 2.75) is 39.3 Å². The molecule has 22 heavy (non-hydrogen) atoms. The van der Waals surface area contributed by atoms with E-state index < -0.39 is 0 Å². The minimum atomic E-state index is -0.140. The molecule has 0 saturated carbocycles. The van der Waals surface area contributed by atoms with Gasteiger partial charge >= 0.3 is 6.03 Å². The van der Waals surface area contributed by atoms with Crippen molar-refractivity contribution < 1.29 is 9.18 Å². The predicted molar refractivity (Wildman–Crippen MR) is 86.1 cm³/mol. The molecule has 1 aliphatic heterocycles. The smallest absolute Gasteiger partial charge is 0.314 e. The van der Waals surface area contributed by atoms with E-state index in [1.165, 1.54) is 6.07 Å². The number of hydrogen-bond acceptors (Lipinski definition) is 2. The third-order valence-electron chi connectivity index (χ3n) is 3.93. The Balaban J connectivity index is 1.79. The predicted octanol–water partition coefficient (Wildman–Crippen LogP) is 2.75. The first-order valence-corrected chi connectivity index (χ1v) is 8.04. The van der Waals surface area contributed by atoms with E-state index >= 15 is 0 Å². The zero-order valence-corrected chi connectivity index (χ0v) is 13.4. The number of carbonyl (C=O) groups excluding carboxylic acids is 1. The van der Waals surface area contributed by atoms with E-state index in [2.05, 4.69) is 15.5 Å². The Kier molecular flexibility index (Phi) is 6.19. The van der Waals surface area contributed by atoms with Gasteiger partial charge in [-0.05, 0) is 45.2 Å². The topological polar surface area (TPSA) is 44.4 Å². The van der Waals surface area contributed by atoms with Crippen molar-refractivity contribution in [1.29, 1.82) is 0 Å². The fourth-order valence-electron chi connectivity index (χ4n) is 2.88. The molecule has 1 atom stereocenters. The average molecular weight is 307 g/mol. The summed E-state index contributed by atoms with van der Waals surface area (Å²) < 4.78 is 13.7. The highest BCUT2D eigenvalue weighted by atomic mass is 19.1. The summed E-state index contributed by atoms with van der Waals surface area (Å²) in [5, 5.41) is 5.76. The summed E-state index contributed by atoms with van der Waals surface area (Å²) in [5.74, 6) is 0.289. The van der Waals surface area contributed by atoms with E-state index in [0.717, 1.165) is 31.5 Å². The van der Waals surface area contributed by atoms with Crippen LogP contribution in [0.25, 0.3) is 0 Å². The minimum absolute atomic E-state index is 0.110. The van der Waals surface area contributed by atoms with E-state index in [1.54, 1.807) is 6.07 Å². The van der Waals surface area contributed by atoms with Crippen LogP contribution in [0.1, 0.15) is 32.3 Å². The maximum atomic E-state index is 13.7. The number of nitrogens with zero attached hydrogens (tertiary/aromatic N) is 1. The van der Waals surface area contributed by atoms with Gasteiger partial charge in [-0.25, -0.2) is 9.18 Å². The first kappa shape index (κ1) is 16.7. The summed E-state index contributed by atoms with van der Waals surface area (Å²) in [6, 6.07) is 6.97. The van der Waals surface area contributed by atoms with Gasteiger partial charge in [0.15, 0.2) is 0 Å². The summed E-state index contributed by atoms with van der Waals surface area (Å²) in [6.45, 7) is 7.08. The minimum Gasteiger partial charge on any atom is -0.338 e. The van der Waals surface area contributed by atoms with Crippen LogP contribution in [0.5, 0.6) is 0 Å². The maximum absolute atomic E-state index is 13.7. The molecule has 0 aliphatic carbocycles. The molecule has 1 aromatic carbocycles. The summed E-state index contributed by atoms with van der Waals surface area (Å²) in [4.78, 5) is 13.9. The van der Waals surface area contributed by atoms with Crippen molar-refractivity contribution in [2.24, 2.45) is 5.92 Å². The standard InChI is InChI=1S/C17H26FN3O/c1-13(2)20-17(22)19-10-14-6-5-9-21(11-14)12-15-7-3-4-8-16(15)18/h3-4,7-8,13-14H,5-6,9-12H2,1-2H3,(H2,19,20,22)/t14-/m1/s1. The van der Waals surface area contributed by atoms with E-state index in [9.17, 15) is 9.18 Å². The molecule has 0 radical (unpaired) electrons. The molecule has 1 heterocycles. The first-order valence-electron chi connectivity index (χ1n) is 8.04. The number of urea groups is 1. The number of benzene rings is 1. The van der Waals surface area contributed by atoms with Crippen LogP contribution in [0.4, 0.5) is 9.18 Å². The Morgan fingerprint density at radius 3 is 2.91 bits per heavy atom. The van der Waals surface area contributed by atoms with Gasteiger partial charge in [0.2, 0.25) is 0 Å². The summed E-state index contributed by atoms with van der Waals surface area (Å²) in [7, 11) is 0. The molecule has 0 bridgehead atoms. The van der Waals surface area contributed by atoms with Gasteiger partial charge < -0.3 is 10.6 Å². The molecule has 2 rings (SSSR count). The molecule has 0 spiro atoms. The van der Waals surface area contributed by atoms with Gasteiger partial charge in [0.05, 0.1) is 0 Å². The van der Waals surface area contributed by atoms with Gasteiger partial charge in [0.25, 0.3) is 0 Å². The first-order chi connectivity index (χ1) is 10.5. The summed E-state index contributed by atoms with van der Waals surface area (Å²) in [6.07, 6.45) is 2.20. The van der Waals surface area contributed by atoms with E-state index in [-0.39, 0.29) is 17.9 Å². The molecule has 0 aromatic heterocycles. The van der Waals surface area contributed by atoms with Crippen LogP contribution in [-0.2, 0) is 6.54 Å². The number of hydrogen-bond donors (Lipinski definition) is 2. The molecule has 122 valence electrons. The second-order valence-electron chi connectivity index (χ2n) is 6.34. The van der Waals surface area contributed by atoms with Crippen LogP contribution < -0.4 is 10.6 Å². The Morgan fingerprint density at radius 1 is 1.41 bits per heavy atom.